The molecule has 132 valence electrons. The molecule has 0 nitrogen and oxygen atoms in total. The zero-order chi connectivity index (χ0) is 16.3. The van der Waals surface area contributed by atoms with Gasteiger partial charge < -0.3 is 0 Å². The molecule has 2 radical (unpaired) electrons. The Labute approximate surface area is 142 Å². The largest absolute Gasteiger partial charge is 0.0651 e. The summed E-state index contributed by atoms with van der Waals surface area (Å²) < 4.78 is 0. The van der Waals surface area contributed by atoms with Gasteiger partial charge in [-0.15, -0.1) is 0 Å². The molecule has 0 aliphatic carbocycles. The molecule has 0 aliphatic heterocycles. The SMILES string of the molecule is [CH2]CCCCCCCCCCCC(CC)CCCCCC[CH2]. The third kappa shape index (κ3) is 16.4. The van der Waals surface area contributed by atoms with Crippen LogP contribution in [0.5, 0.6) is 0 Å². The minimum absolute atomic E-state index is 1.00. The molecule has 1 atom stereocenters. The Kier molecular flexibility index (Phi) is 19.0. The van der Waals surface area contributed by atoms with Crippen LogP contribution < -0.4 is 0 Å². The normalized spacial score (nSPS) is 12.7. The molecular formula is C22H44. The summed E-state index contributed by atoms with van der Waals surface area (Å²) in [7, 11) is 0. The van der Waals surface area contributed by atoms with Crippen LogP contribution >= 0.6 is 0 Å². The molecule has 0 aromatic rings. The number of unbranched alkanes of at least 4 members (excludes halogenated alkanes) is 13. The topological polar surface area (TPSA) is 0 Å². The van der Waals surface area contributed by atoms with Gasteiger partial charge in [0.25, 0.3) is 0 Å². The molecule has 0 aromatic carbocycles. The highest BCUT2D eigenvalue weighted by Crippen LogP contribution is 2.21. The summed E-state index contributed by atoms with van der Waals surface area (Å²) in [5.74, 6) is 1.00. The van der Waals surface area contributed by atoms with Gasteiger partial charge in [-0.1, -0.05) is 136 Å². The van der Waals surface area contributed by atoms with Crippen molar-refractivity contribution in [2.45, 2.75) is 122 Å². The number of rotatable bonds is 18. The first-order valence-corrected chi connectivity index (χ1v) is 10.4. The first-order valence-electron chi connectivity index (χ1n) is 10.4. The van der Waals surface area contributed by atoms with Crippen LogP contribution in [0.2, 0.25) is 0 Å². The fourth-order valence-electron chi connectivity index (χ4n) is 3.36. The third-order valence-electron chi connectivity index (χ3n) is 5.05. The highest BCUT2D eigenvalue weighted by molar-refractivity contribution is 4.59. The van der Waals surface area contributed by atoms with E-state index in [0.29, 0.717) is 0 Å². The molecule has 0 saturated carbocycles. The highest BCUT2D eigenvalue weighted by atomic mass is 14.1. The Morgan fingerprint density at radius 3 is 1.14 bits per heavy atom. The van der Waals surface area contributed by atoms with Crippen LogP contribution in [0.25, 0.3) is 0 Å². The molecule has 0 aliphatic rings. The van der Waals surface area contributed by atoms with Crippen molar-refractivity contribution in [2.24, 2.45) is 5.92 Å². The summed E-state index contributed by atoms with van der Waals surface area (Å²) in [6, 6.07) is 0. The van der Waals surface area contributed by atoms with Crippen LogP contribution in [0, 0.1) is 19.8 Å². The second-order valence-electron chi connectivity index (χ2n) is 7.15. The average Bonchev–Trinajstić information content (AvgIpc) is 2.54. The smallest absolute Gasteiger partial charge is 0.0417 e. The van der Waals surface area contributed by atoms with Crippen molar-refractivity contribution in [3.8, 4) is 0 Å². The van der Waals surface area contributed by atoms with Gasteiger partial charge in [-0.3, -0.25) is 0 Å². The van der Waals surface area contributed by atoms with E-state index in [1.54, 1.807) is 0 Å². The Bertz CT molecular complexity index is 184. The summed E-state index contributed by atoms with van der Waals surface area (Å²) in [5.41, 5.74) is 0. The molecule has 0 bridgehead atoms. The molecule has 0 heteroatoms. The monoisotopic (exact) mass is 308 g/mol. The molecular weight excluding hydrogens is 264 g/mol. The summed E-state index contributed by atoms with van der Waals surface area (Å²) in [6.07, 6.45) is 25.1. The van der Waals surface area contributed by atoms with E-state index in [1.807, 2.05) is 0 Å². The lowest BCUT2D eigenvalue weighted by Gasteiger charge is -2.14. The maximum Gasteiger partial charge on any atom is -0.0417 e. The van der Waals surface area contributed by atoms with Gasteiger partial charge in [0.05, 0.1) is 0 Å². The van der Waals surface area contributed by atoms with Crippen molar-refractivity contribution in [3.63, 3.8) is 0 Å². The molecule has 0 heterocycles. The molecule has 0 rings (SSSR count). The fourth-order valence-corrected chi connectivity index (χ4v) is 3.36. The second kappa shape index (κ2) is 19.0. The van der Waals surface area contributed by atoms with Crippen molar-refractivity contribution in [1.82, 2.24) is 0 Å². The maximum atomic E-state index is 3.92. The van der Waals surface area contributed by atoms with Gasteiger partial charge in [-0.2, -0.15) is 0 Å². The van der Waals surface area contributed by atoms with Crippen molar-refractivity contribution in [1.29, 1.82) is 0 Å². The lowest BCUT2D eigenvalue weighted by molar-refractivity contribution is 0.393. The standard InChI is InChI=1S/C22H44/c1-4-7-9-11-12-13-14-15-17-19-21-22(6-3)20-18-16-10-8-5-2/h22H,1-2,4-21H2,3H3. The molecule has 1 unspecified atom stereocenters. The quantitative estimate of drug-likeness (QED) is 0.223. The van der Waals surface area contributed by atoms with Crippen molar-refractivity contribution in [3.05, 3.63) is 13.8 Å². The van der Waals surface area contributed by atoms with E-state index in [9.17, 15) is 0 Å². The van der Waals surface area contributed by atoms with Crippen molar-refractivity contribution >= 4 is 0 Å². The number of hydrogen-bond donors (Lipinski definition) is 0. The van der Waals surface area contributed by atoms with Gasteiger partial charge in [-0.05, 0) is 5.92 Å². The van der Waals surface area contributed by atoms with Gasteiger partial charge >= 0.3 is 0 Å². The van der Waals surface area contributed by atoms with E-state index < -0.39 is 0 Å². The van der Waals surface area contributed by atoms with Crippen LogP contribution in [-0.4, -0.2) is 0 Å². The van der Waals surface area contributed by atoms with Crippen LogP contribution in [0.4, 0.5) is 0 Å². The molecule has 22 heavy (non-hydrogen) atoms. The van der Waals surface area contributed by atoms with E-state index >= 15 is 0 Å². The van der Waals surface area contributed by atoms with E-state index in [4.69, 9.17) is 0 Å². The van der Waals surface area contributed by atoms with Crippen molar-refractivity contribution in [2.75, 3.05) is 0 Å². The minimum atomic E-state index is 1.00. The average molecular weight is 309 g/mol. The van der Waals surface area contributed by atoms with Gasteiger partial charge in [0, 0.05) is 0 Å². The fraction of sp³-hybridized carbons (Fsp3) is 0.909. The molecule has 0 amide bonds. The van der Waals surface area contributed by atoms with Crippen LogP contribution in [0.3, 0.4) is 0 Å². The van der Waals surface area contributed by atoms with E-state index in [0.717, 1.165) is 18.8 Å². The first-order chi connectivity index (χ1) is 10.8. The zero-order valence-corrected chi connectivity index (χ0v) is 15.7. The van der Waals surface area contributed by atoms with Gasteiger partial charge in [0.1, 0.15) is 0 Å². The summed E-state index contributed by atoms with van der Waals surface area (Å²) >= 11 is 0. The summed E-state index contributed by atoms with van der Waals surface area (Å²) in [5, 5.41) is 0. The Hall–Kier alpha value is 0. The molecule has 0 spiro atoms. The Balaban J connectivity index is 3.25. The predicted molar refractivity (Wildman–Crippen MR) is 103 cm³/mol. The van der Waals surface area contributed by atoms with Crippen molar-refractivity contribution < 1.29 is 0 Å². The molecule has 0 saturated heterocycles. The second-order valence-corrected chi connectivity index (χ2v) is 7.15. The highest BCUT2D eigenvalue weighted by Gasteiger charge is 2.05. The minimum Gasteiger partial charge on any atom is -0.0651 e. The Morgan fingerprint density at radius 2 is 0.818 bits per heavy atom. The van der Waals surface area contributed by atoms with Crippen LogP contribution in [-0.2, 0) is 0 Å². The van der Waals surface area contributed by atoms with Gasteiger partial charge in [-0.25, -0.2) is 0 Å². The third-order valence-corrected chi connectivity index (χ3v) is 5.05. The molecule has 0 aromatic heterocycles. The van der Waals surface area contributed by atoms with E-state index in [-0.39, 0.29) is 0 Å². The Morgan fingerprint density at radius 1 is 0.500 bits per heavy atom. The lowest BCUT2D eigenvalue weighted by Crippen LogP contribution is -1.99. The maximum absolute atomic E-state index is 3.92. The zero-order valence-electron chi connectivity index (χ0n) is 15.7. The van der Waals surface area contributed by atoms with Crippen LogP contribution in [0.15, 0.2) is 0 Å². The van der Waals surface area contributed by atoms with E-state index in [1.165, 1.54) is 103 Å². The predicted octanol–water partition coefficient (Wildman–Crippen LogP) is 8.31. The van der Waals surface area contributed by atoms with E-state index in [2.05, 4.69) is 20.8 Å². The van der Waals surface area contributed by atoms with Crippen LogP contribution in [0.1, 0.15) is 122 Å². The summed E-state index contributed by atoms with van der Waals surface area (Å²) in [6.45, 7) is 10.2. The number of hydrogen-bond acceptors (Lipinski definition) is 0. The van der Waals surface area contributed by atoms with Gasteiger partial charge in [0.2, 0.25) is 0 Å². The lowest BCUT2D eigenvalue weighted by atomic mass is 9.92. The molecule has 0 N–H and O–H groups in total. The first kappa shape index (κ1) is 22.0. The molecule has 0 fully saturated rings. The summed E-state index contributed by atoms with van der Waals surface area (Å²) in [4.78, 5) is 0. The van der Waals surface area contributed by atoms with Gasteiger partial charge in [0.15, 0.2) is 0 Å².